The average molecular weight is 449 g/mol. The summed E-state index contributed by atoms with van der Waals surface area (Å²) in [6.07, 6.45) is 0.628. The Hall–Kier alpha value is -3.90. The third-order valence-electron chi connectivity index (χ3n) is 4.58. The summed E-state index contributed by atoms with van der Waals surface area (Å²) >= 11 is 5.97. The molecule has 0 heterocycles. The first-order valence-corrected chi connectivity index (χ1v) is 10.2. The molecule has 0 aromatic heterocycles. The minimum absolute atomic E-state index is 0.290. The van der Waals surface area contributed by atoms with Crippen molar-refractivity contribution in [2.24, 2.45) is 5.73 Å². The molecular formula is C25H21ClN2O4. The number of anilines is 1. The molecule has 7 heteroatoms. The van der Waals surface area contributed by atoms with Crippen LogP contribution in [0.3, 0.4) is 0 Å². The van der Waals surface area contributed by atoms with Crippen LogP contribution in [-0.4, -0.2) is 23.9 Å². The van der Waals surface area contributed by atoms with Crippen LogP contribution in [0.2, 0.25) is 5.02 Å². The Bertz CT molecular complexity index is 1140. The number of carbonyl (C=O) groups is 3. The highest BCUT2D eigenvalue weighted by Crippen LogP contribution is 2.23. The van der Waals surface area contributed by atoms with Crippen molar-refractivity contribution in [1.29, 1.82) is 0 Å². The Morgan fingerprint density at radius 3 is 2.09 bits per heavy atom. The van der Waals surface area contributed by atoms with E-state index in [1.807, 2.05) is 30.3 Å². The molecule has 0 aliphatic rings. The monoisotopic (exact) mass is 448 g/mol. The molecule has 162 valence electrons. The number of nitrogens with two attached hydrogens (primary N) is 1. The third-order valence-corrected chi connectivity index (χ3v) is 4.83. The van der Waals surface area contributed by atoms with E-state index in [-0.39, 0.29) is 0 Å². The van der Waals surface area contributed by atoms with Gasteiger partial charge in [0, 0.05) is 16.3 Å². The zero-order chi connectivity index (χ0) is 23.1. The molecule has 1 unspecified atom stereocenters. The SMILES string of the molecule is CC(OC(=O)/C(=C/c1ccccc1)c1ccc(Cl)cc1)C(=O)Nc1ccc(C(N)=O)cc1. The smallest absolute Gasteiger partial charge is 0.339 e. The van der Waals surface area contributed by atoms with E-state index < -0.39 is 23.9 Å². The van der Waals surface area contributed by atoms with Gasteiger partial charge >= 0.3 is 5.97 Å². The standard InChI is InChI=1S/C25H21ClN2O4/c1-16(24(30)28-21-13-9-19(10-14-21)23(27)29)32-25(31)22(15-17-5-3-2-4-6-17)18-7-11-20(26)12-8-18/h2-16H,1H3,(H2,27,29)(H,28,30)/b22-15+. The maximum absolute atomic E-state index is 13.0. The lowest BCUT2D eigenvalue weighted by atomic mass is 10.0. The van der Waals surface area contributed by atoms with Crippen LogP contribution in [0.5, 0.6) is 0 Å². The second-order valence-corrected chi connectivity index (χ2v) is 7.39. The van der Waals surface area contributed by atoms with Crippen molar-refractivity contribution < 1.29 is 19.1 Å². The average Bonchev–Trinajstić information content (AvgIpc) is 2.79. The zero-order valence-corrected chi connectivity index (χ0v) is 18.0. The predicted molar refractivity (Wildman–Crippen MR) is 125 cm³/mol. The molecule has 0 saturated carbocycles. The predicted octanol–water partition coefficient (Wildman–Crippen LogP) is 4.55. The fourth-order valence-electron chi connectivity index (χ4n) is 2.84. The Morgan fingerprint density at radius 2 is 1.50 bits per heavy atom. The number of ether oxygens (including phenoxy) is 1. The topological polar surface area (TPSA) is 98.5 Å². The lowest BCUT2D eigenvalue weighted by Gasteiger charge is -2.15. The lowest BCUT2D eigenvalue weighted by molar-refractivity contribution is -0.147. The first-order chi connectivity index (χ1) is 15.3. The minimum atomic E-state index is -1.07. The number of benzene rings is 3. The first kappa shape index (κ1) is 22.8. The van der Waals surface area contributed by atoms with Crippen LogP contribution in [0.15, 0.2) is 78.9 Å². The number of amides is 2. The van der Waals surface area contributed by atoms with Gasteiger partial charge < -0.3 is 15.8 Å². The van der Waals surface area contributed by atoms with E-state index in [1.165, 1.54) is 19.1 Å². The van der Waals surface area contributed by atoms with E-state index in [1.54, 1.807) is 42.5 Å². The van der Waals surface area contributed by atoms with Gasteiger partial charge in [0.25, 0.3) is 5.91 Å². The minimum Gasteiger partial charge on any atom is -0.449 e. The van der Waals surface area contributed by atoms with Gasteiger partial charge in [0.1, 0.15) is 0 Å². The van der Waals surface area contributed by atoms with E-state index in [4.69, 9.17) is 22.1 Å². The molecule has 32 heavy (non-hydrogen) atoms. The molecule has 0 fully saturated rings. The highest BCUT2D eigenvalue weighted by molar-refractivity contribution is 6.30. The largest absolute Gasteiger partial charge is 0.449 e. The fourth-order valence-corrected chi connectivity index (χ4v) is 2.97. The number of esters is 1. The summed E-state index contributed by atoms with van der Waals surface area (Å²) in [5, 5.41) is 3.18. The highest BCUT2D eigenvalue weighted by atomic mass is 35.5. The van der Waals surface area contributed by atoms with Gasteiger partial charge in [0.15, 0.2) is 6.10 Å². The number of carbonyl (C=O) groups excluding carboxylic acids is 3. The normalized spacial score (nSPS) is 12.0. The second kappa shape index (κ2) is 10.4. The van der Waals surface area contributed by atoms with Gasteiger partial charge in [0.05, 0.1) is 5.57 Å². The maximum Gasteiger partial charge on any atom is 0.339 e. The van der Waals surface area contributed by atoms with Gasteiger partial charge in [-0.1, -0.05) is 54.1 Å². The Morgan fingerprint density at radius 1 is 0.906 bits per heavy atom. The molecule has 6 nitrogen and oxygen atoms in total. The quantitative estimate of drug-likeness (QED) is 0.314. The number of hydrogen-bond donors (Lipinski definition) is 2. The molecule has 0 radical (unpaired) electrons. The van der Waals surface area contributed by atoms with E-state index >= 15 is 0 Å². The molecule has 0 aliphatic carbocycles. The summed E-state index contributed by atoms with van der Waals surface area (Å²) < 4.78 is 5.44. The van der Waals surface area contributed by atoms with Gasteiger partial charge in [-0.2, -0.15) is 0 Å². The van der Waals surface area contributed by atoms with Crippen molar-refractivity contribution in [3.63, 3.8) is 0 Å². The Labute approximate surface area is 190 Å². The highest BCUT2D eigenvalue weighted by Gasteiger charge is 2.22. The van der Waals surface area contributed by atoms with Crippen molar-refractivity contribution in [2.75, 3.05) is 5.32 Å². The zero-order valence-electron chi connectivity index (χ0n) is 17.2. The van der Waals surface area contributed by atoms with Crippen molar-refractivity contribution in [2.45, 2.75) is 13.0 Å². The number of rotatable bonds is 7. The molecular weight excluding hydrogens is 428 g/mol. The lowest BCUT2D eigenvalue weighted by Crippen LogP contribution is -2.30. The molecule has 3 rings (SSSR count). The van der Waals surface area contributed by atoms with Crippen LogP contribution in [0.1, 0.15) is 28.4 Å². The van der Waals surface area contributed by atoms with Gasteiger partial charge in [-0.05, 0) is 60.5 Å². The van der Waals surface area contributed by atoms with E-state index in [9.17, 15) is 14.4 Å². The van der Waals surface area contributed by atoms with Crippen LogP contribution in [-0.2, 0) is 14.3 Å². The third kappa shape index (κ3) is 6.06. The summed E-state index contributed by atoms with van der Waals surface area (Å²) in [4.78, 5) is 36.6. The number of primary amides is 1. The number of hydrogen-bond acceptors (Lipinski definition) is 4. The molecule has 3 aromatic carbocycles. The van der Waals surface area contributed by atoms with Crippen LogP contribution < -0.4 is 11.1 Å². The van der Waals surface area contributed by atoms with E-state index in [0.717, 1.165) is 5.56 Å². The summed E-state index contributed by atoms with van der Waals surface area (Å²) in [5.74, 6) is -1.73. The fraction of sp³-hybridized carbons (Fsp3) is 0.0800. The molecule has 0 saturated heterocycles. The summed E-state index contributed by atoms with van der Waals surface area (Å²) in [7, 11) is 0. The Kier molecular flexibility index (Phi) is 7.41. The van der Waals surface area contributed by atoms with E-state index in [0.29, 0.717) is 27.4 Å². The van der Waals surface area contributed by atoms with Gasteiger partial charge in [0.2, 0.25) is 5.91 Å². The van der Waals surface area contributed by atoms with Gasteiger partial charge in [-0.15, -0.1) is 0 Å². The maximum atomic E-state index is 13.0. The molecule has 3 aromatic rings. The van der Waals surface area contributed by atoms with Crippen molar-refractivity contribution >= 4 is 46.7 Å². The molecule has 2 amide bonds. The number of halogens is 1. The van der Waals surface area contributed by atoms with Crippen LogP contribution >= 0.6 is 11.6 Å². The van der Waals surface area contributed by atoms with Crippen molar-refractivity contribution in [1.82, 2.24) is 0 Å². The van der Waals surface area contributed by atoms with Crippen LogP contribution in [0.25, 0.3) is 11.6 Å². The van der Waals surface area contributed by atoms with E-state index in [2.05, 4.69) is 5.32 Å². The second-order valence-electron chi connectivity index (χ2n) is 6.95. The molecule has 0 spiro atoms. The molecule has 0 aliphatic heterocycles. The summed E-state index contributed by atoms with van der Waals surface area (Å²) in [5.41, 5.74) is 7.68. The van der Waals surface area contributed by atoms with Crippen molar-refractivity contribution in [3.05, 3.63) is 101 Å². The first-order valence-electron chi connectivity index (χ1n) is 9.78. The van der Waals surface area contributed by atoms with Gasteiger partial charge in [-0.25, -0.2) is 4.79 Å². The van der Waals surface area contributed by atoms with Crippen LogP contribution in [0, 0.1) is 0 Å². The molecule has 0 bridgehead atoms. The molecule has 3 N–H and O–H groups in total. The van der Waals surface area contributed by atoms with Crippen LogP contribution in [0.4, 0.5) is 5.69 Å². The summed E-state index contributed by atoms with van der Waals surface area (Å²) in [6, 6.07) is 22.2. The summed E-state index contributed by atoms with van der Waals surface area (Å²) in [6.45, 7) is 1.48. The van der Waals surface area contributed by atoms with Crippen molar-refractivity contribution in [3.8, 4) is 0 Å². The molecule has 1 atom stereocenters. The number of nitrogens with one attached hydrogen (secondary N) is 1. The van der Waals surface area contributed by atoms with Gasteiger partial charge in [-0.3, -0.25) is 9.59 Å². The Balaban J connectivity index is 1.76.